The van der Waals surface area contributed by atoms with Crippen LogP contribution in [0.3, 0.4) is 0 Å². The van der Waals surface area contributed by atoms with Crippen molar-refractivity contribution >= 4 is 17.7 Å². The minimum Gasteiger partial charge on any atom is -0.411 e. The molecule has 1 heterocycles. The summed E-state index contributed by atoms with van der Waals surface area (Å²) in [5.74, 6) is -0.363. The number of rotatable bonds is 6. The summed E-state index contributed by atoms with van der Waals surface area (Å²) < 4.78 is 19.5. The van der Waals surface area contributed by atoms with E-state index in [9.17, 15) is 9.18 Å². The van der Waals surface area contributed by atoms with Gasteiger partial charge < -0.3 is 9.32 Å². The van der Waals surface area contributed by atoms with Crippen molar-refractivity contribution in [2.75, 3.05) is 0 Å². The molecule has 1 atom stereocenters. The number of amides is 1. The fourth-order valence-electron chi connectivity index (χ4n) is 2.83. The molecule has 0 N–H and O–H groups in total. The van der Waals surface area contributed by atoms with E-state index in [0.717, 1.165) is 5.56 Å². The summed E-state index contributed by atoms with van der Waals surface area (Å²) in [5.41, 5.74) is 0.952. The molecular formula is C22H24FN3O2S. The van der Waals surface area contributed by atoms with Crippen LogP contribution in [0.25, 0.3) is 11.5 Å². The van der Waals surface area contributed by atoms with Crippen LogP contribution in [-0.2, 0) is 11.3 Å². The topological polar surface area (TPSA) is 59.2 Å². The van der Waals surface area contributed by atoms with E-state index in [1.165, 1.54) is 17.8 Å². The first-order valence-electron chi connectivity index (χ1n) is 9.36. The molecule has 1 amide bonds. The molecule has 7 heteroatoms. The predicted molar refractivity (Wildman–Crippen MR) is 112 cm³/mol. The SMILES string of the molecule is C[C@H](Sc1nnc(-c2ccccc2F)o1)C(=O)N(Cc1ccccc1)C(C)(C)C. The lowest BCUT2D eigenvalue weighted by Gasteiger charge is -2.37. The normalized spacial score (nSPS) is 12.6. The van der Waals surface area contributed by atoms with E-state index in [4.69, 9.17) is 4.42 Å². The first kappa shape index (κ1) is 21.0. The van der Waals surface area contributed by atoms with Crippen LogP contribution in [0.15, 0.2) is 64.2 Å². The Kier molecular flexibility index (Phi) is 6.37. The minimum atomic E-state index is -0.438. The van der Waals surface area contributed by atoms with Crippen LogP contribution in [0.2, 0.25) is 0 Å². The second kappa shape index (κ2) is 8.78. The average Bonchev–Trinajstić information content (AvgIpc) is 3.14. The first-order valence-corrected chi connectivity index (χ1v) is 10.2. The maximum Gasteiger partial charge on any atom is 0.277 e. The summed E-state index contributed by atoms with van der Waals surface area (Å²) in [5, 5.41) is 7.68. The van der Waals surface area contributed by atoms with E-state index in [2.05, 4.69) is 10.2 Å². The number of carbonyl (C=O) groups is 1. The van der Waals surface area contributed by atoms with Crippen LogP contribution in [0.1, 0.15) is 33.3 Å². The minimum absolute atomic E-state index is 0.0306. The number of thioether (sulfide) groups is 1. The van der Waals surface area contributed by atoms with Gasteiger partial charge in [0, 0.05) is 12.1 Å². The maximum atomic E-state index is 13.9. The summed E-state index contributed by atoms with van der Waals surface area (Å²) in [4.78, 5) is 15.0. The van der Waals surface area contributed by atoms with Gasteiger partial charge in [-0.3, -0.25) is 4.79 Å². The van der Waals surface area contributed by atoms with Crippen LogP contribution < -0.4 is 0 Å². The van der Waals surface area contributed by atoms with Gasteiger partial charge in [-0.15, -0.1) is 10.2 Å². The third-order valence-electron chi connectivity index (χ3n) is 4.40. The predicted octanol–water partition coefficient (Wildman–Crippen LogP) is 5.18. The molecule has 3 rings (SSSR count). The highest BCUT2D eigenvalue weighted by atomic mass is 32.2. The maximum absolute atomic E-state index is 13.9. The summed E-state index contributed by atoms with van der Waals surface area (Å²) in [7, 11) is 0. The lowest BCUT2D eigenvalue weighted by Crippen LogP contribution is -2.48. The first-order chi connectivity index (χ1) is 13.8. The van der Waals surface area contributed by atoms with Crippen molar-refractivity contribution in [2.45, 2.75) is 50.3 Å². The van der Waals surface area contributed by atoms with E-state index in [-0.39, 0.29) is 28.1 Å². The van der Waals surface area contributed by atoms with Gasteiger partial charge in [-0.05, 0) is 45.4 Å². The van der Waals surface area contributed by atoms with Crippen molar-refractivity contribution in [1.29, 1.82) is 0 Å². The molecule has 0 fully saturated rings. The Labute approximate surface area is 174 Å². The zero-order valence-corrected chi connectivity index (χ0v) is 17.7. The fraction of sp³-hybridized carbons (Fsp3) is 0.318. The molecule has 0 saturated carbocycles. The number of aromatic nitrogens is 2. The van der Waals surface area contributed by atoms with Crippen molar-refractivity contribution < 1.29 is 13.6 Å². The molecule has 0 aliphatic heterocycles. The number of carbonyl (C=O) groups excluding carboxylic acids is 1. The van der Waals surface area contributed by atoms with E-state index in [0.29, 0.717) is 6.54 Å². The molecule has 29 heavy (non-hydrogen) atoms. The van der Waals surface area contributed by atoms with Crippen LogP contribution in [0.5, 0.6) is 0 Å². The number of hydrogen-bond donors (Lipinski definition) is 0. The Morgan fingerprint density at radius 3 is 2.41 bits per heavy atom. The van der Waals surface area contributed by atoms with E-state index >= 15 is 0 Å². The van der Waals surface area contributed by atoms with E-state index in [1.54, 1.807) is 18.2 Å². The fourth-order valence-corrected chi connectivity index (χ4v) is 3.58. The summed E-state index contributed by atoms with van der Waals surface area (Å²) in [6.45, 7) is 8.35. The summed E-state index contributed by atoms with van der Waals surface area (Å²) >= 11 is 1.17. The van der Waals surface area contributed by atoms with Crippen LogP contribution >= 0.6 is 11.8 Å². The van der Waals surface area contributed by atoms with Gasteiger partial charge in [0.15, 0.2) is 0 Å². The monoisotopic (exact) mass is 413 g/mol. The Hall–Kier alpha value is -2.67. The lowest BCUT2D eigenvalue weighted by molar-refractivity contribution is -0.135. The zero-order valence-electron chi connectivity index (χ0n) is 16.9. The molecule has 1 aromatic heterocycles. The van der Waals surface area contributed by atoms with Crippen molar-refractivity contribution in [2.24, 2.45) is 0 Å². The van der Waals surface area contributed by atoms with Crippen LogP contribution in [-0.4, -0.2) is 31.8 Å². The average molecular weight is 414 g/mol. The van der Waals surface area contributed by atoms with Crippen molar-refractivity contribution in [3.63, 3.8) is 0 Å². The van der Waals surface area contributed by atoms with E-state index in [1.807, 2.05) is 62.9 Å². The molecule has 0 aliphatic carbocycles. The van der Waals surface area contributed by atoms with Crippen molar-refractivity contribution in [1.82, 2.24) is 15.1 Å². The quantitative estimate of drug-likeness (QED) is 0.521. The highest BCUT2D eigenvalue weighted by Crippen LogP contribution is 2.30. The van der Waals surface area contributed by atoms with Gasteiger partial charge in [0.05, 0.1) is 10.8 Å². The molecule has 152 valence electrons. The lowest BCUT2D eigenvalue weighted by atomic mass is 10.0. The second-order valence-electron chi connectivity index (χ2n) is 7.69. The Balaban J connectivity index is 1.74. The summed E-state index contributed by atoms with van der Waals surface area (Å²) in [6, 6.07) is 16.1. The summed E-state index contributed by atoms with van der Waals surface area (Å²) in [6.07, 6.45) is 0. The molecule has 5 nitrogen and oxygen atoms in total. The van der Waals surface area contributed by atoms with Gasteiger partial charge in [0.1, 0.15) is 5.82 Å². The third kappa shape index (κ3) is 5.23. The largest absolute Gasteiger partial charge is 0.411 e. The number of nitrogens with zero attached hydrogens (tertiary/aromatic N) is 3. The standard InChI is InChI=1S/C22H24FN3O2S/c1-15(20(27)26(22(2,3)4)14-16-10-6-5-7-11-16)29-21-25-24-19(28-21)17-12-8-9-13-18(17)23/h5-13,15H,14H2,1-4H3/t15-/m0/s1. The van der Waals surface area contributed by atoms with Crippen molar-refractivity contribution in [3.8, 4) is 11.5 Å². The Morgan fingerprint density at radius 2 is 1.76 bits per heavy atom. The number of benzene rings is 2. The van der Waals surface area contributed by atoms with Crippen molar-refractivity contribution in [3.05, 3.63) is 66.0 Å². The second-order valence-corrected chi connectivity index (χ2v) is 8.99. The molecule has 0 saturated heterocycles. The van der Waals surface area contributed by atoms with Gasteiger partial charge in [0.2, 0.25) is 5.91 Å². The number of halogens is 1. The molecular weight excluding hydrogens is 389 g/mol. The molecule has 3 aromatic rings. The molecule has 0 spiro atoms. The highest BCUT2D eigenvalue weighted by molar-refractivity contribution is 8.00. The molecule has 2 aromatic carbocycles. The third-order valence-corrected chi connectivity index (χ3v) is 5.32. The van der Waals surface area contributed by atoms with Gasteiger partial charge >= 0.3 is 0 Å². The zero-order chi connectivity index (χ0) is 21.0. The number of hydrogen-bond acceptors (Lipinski definition) is 5. The highest BCUT2D eigenvalue weighted by Gasteiger charge is 2.31. The van der Waals surface area contributed by atoms with Crippen LogP contribution in [0.4, 0.5) is 4.39 Å². The molecule has 0 aliphatic rings. The molecule has 0 unspecified atom stereocenters. The van der Waals surface area contributed by atoms with E-state index < -0.39 is 11.1 Å². The van der Waals surface area contributed by atoms with Gasteiger partial charge in [-0.25, -0.2) is 4.39 Å². The molecule has 0 bridgehead atoms. The van der Waals surface area contributed by atoms with Gasteiger partial charge in [-0.1, -0.05) is 54.2 Å². The van der Waals surface area contributed by atoms with Gasteiger partial charge in [-0.2, -0.15) is 0 Å². The smallest absolute Gasteiger partial charge is 0.277 e. The molecule has 0 radical (unpaired) electrons. The van der Waals surface area contributed by atoms with Gasteiger partial charge in [0.25, 0.3) is 11.1 Å². The Bertz CT molecular complexity index is 969. The van der Waals surface area contributed by atoms with Crippen LogP contribution in [0, 0.1) is 5.82 Å². The Morgan fingerprint density at radius 1 is 1.10 bits per heavy atom.